The lowest BCUT2D eigenvalue weighted by Gasteiger charge is -2.22. The molecule has 0 aliphatic carbocycles. The Hall–Kier alpha value is -1.80. The fourth-order valence-electron chi connectivity index (χ4n) is 2.30. The molecular formula is C15H16ClF3N2O3. The van der Waals surface area contributed by atoms with Crippen molar-refractivity contribution < 1.29 is 27.8 Å². The fraction of sp³-hybridized carbons (Fsp3) is 0.467. The molecule has 0 saturated carbocycles. The van der Waals surface area contributed by atoms with Crippen LogP contribution in [0.4, 0.5) is 13.2 Å². The first kappa shape index (κ1) is 18.5. The molecule has 0 aromatic heterocycles. The van der Waals surface area contributed by atoms with E-state index in [-0.39, 0.29) is 29.6 Å². The quantitative estimate of drug-likeness (QED) is 0.843. The van der Waals surface area contributed by atoms with Crippen molar-refractivity contribution in [1.82, 2.24) is 5.43 Å². The number of halogens is 4. The van der Waals surface area contributed by atoms with Crippen molar-refractivity contribution >= 4 is 23.2 Å². The highest BCUT2D eigenvalue weighted by molar-refractivity contribution is 6.33. The molecule has 0 spiro atoms. The first-order valence-corrected chi connectivity index (χ1v) is 7.51. The summed E-state index contributed by atoms with van der Waals surface area (Å²) in [6.45, 7) is 0.717. The van der Waals surface area contributed by atoms with Gasteiger partial charge in [-0.1, -0.05) is 18.5 Å². The molecule has 1 aliphatic heterocycles. The monoisotopic (exact) mass is 364 g/mol. The summed E-state index contributed by atoms with van der Waals surface area (Å²) in [5, 5.41) is 11.9. The van der Waals surface area contributed by atoms with E-state index in [1.54, 1.807) is 6.92 Å². The lowest BCUT2D eigenvalue weighted by Crippen LogP contribution is -2.32. The van der Waals surface area contributed by atoms with E-state index >= 15 is 0 Å². The van der Waals surface area contributed by atoms with Gasteiger partial charge in [0.15, 0.2) is 12.4 Å². The minimum absolute atomic E-state index is 0.0752. The number of aryl methyl sites for hydroxylation is 1. The van der Waals surface area contributed by atoms with E-state index < -0.39 is 30.0 Å². The average molecular weight is 365 g/mol. The molecule has 0 radical (unpaired) electrons. The summed E-state index contributed by atoms with van der Waals surface area (Å²) in [7, 11) is 0. The third kappa shape index (κ3) is 3.81. The largest absolute Gasteiger partial charge is 0.485 e. The molecule has 1 unspecified atom stereocenters. The van der Waals surface area contributed by atoms with Gasteiger partial charge >= 0.3 is 5.92 Å². The van der Waals surface area contributed by atoms with Gasteiger partial charge in [0.2, 0.25) is 5.91 Å². The average Bonchev–Trinajstić information content (AvgIpc) is 2.51. The molecule has 2 rings (SSSR count). The van der Waals surface area contributed by atoms with Crippen LogP contribution < -0.4 is 10.2 Å². The first-order valence-electron chi connectivity index (χ1n) is 7.13. The van der Waals surface area contributed by atoms with E-state index in [1.165, 1.54) is 13.0 Å². The number of nitrogens with one attached hydrogen (secondary N) is 1. The van der Waals surface area contributed by atoms with E-state index in [0.717, 1.165) is 0 Å². The molecule has 1 aromatic carbocycles. The van der Waals surface area contributed by atoms with Gasteiger partial charge in [0.05, 0.1) is 5.71 Å². The Morgan fingerprint density at radius 1 is 1.54 bits per heavy atom. The Morgan fingerprint density at radius 3 is 2.79 bits per heavy atom. The third-order valence-electron chi connectivity index (χ3n) is 3.54. The highest BCUT2D eigenvalue weighted by atomic mass is 35.5. The van der Waals surface area contributed by atoms with Crippen molar-refractivity contribution in [2.24, 2.45) is 11.0 Å². The summed E-state index contributed by atoms with van der Waals surface area (Å²) in [4.78, 5) is 11.3. The number of benzene rings is 1. The molecular weight excluding hydrogens is 349 g/mol. The van der Waals surface area contributed by atoms with Crippen LogP contribution in [0, 0.1) is 18.7 Å². The number of alkyl halides is 2. The maximum Gasteiger partial charge on any atom is 0.303 e. The van der Waals surface area contributed by atoms with Crippen LogP contribution in [0.5, 0.6) is 5.75 Å². The van der Waals surface area contributed by atoms with Gasteiger partial charge in [0.25, 0.3) is 0 Å². The van der Waals surface area contributed by atoms with Gasteiger partial charge in [-0.05, 0) is 18.6 Å². The molecule has 2 N–H and O–H groups in total. The summed E-state index contributed by atoms with van der Waals surface area (Å²) in [6.07, 6.45) is 0.149. The molecule has 1 aliphatic rings. The zero-order valence-electron chi connectivity index (χ0n) is 13.0. The molecule has 132 valence electrons. The van der Waals surface area contributed by atoms with E-state index in [9.17, 15) is 18.0 Å². The van der Waals surface area contributed by atoms with Crippen LogP contribution in [0.1, 0.15) is 24.5 Å². The molecule has 1 amide bonds. The van der Waals surface area contributed by atoms with Crippen LogP contribution >= 0.6 is 11.6 Å². The minimum Gasteiger partial charge on any atom is -0.485 e. The lowest BCUT2D eigenvalue weighted by atomic mass is 9.92. The molecule has 5 nitrogen and oxygen atoms in total. The highest BCUT2D eigenvalue weighted by Gasteiger charge is 2.31. The minimum atomic E-state index is -3.46. The maximum atomic E-state index is 14.6. The summed E-state index contributed by atoms with van der Waals surface area (Å²) in [5.41, 5.74) is 2.99. The Labute approximate surface area is 141 Å². The van der Waals surface area contributed by atoms with Crippen molar-refractivity contribution in [1.29, 1.82) is 0 Å². The van der Waals surface area contributed by atoms with Gasteiger partial charge in [0, 0.05) is 17.9 Å². The summed E-state index contributed by atoms with van der Waals surface area (Å²) < 4.78 is 45.6. The predicted octanol–water partition coefficient (Wildman–Crippen LogP) is 2.65. The van der Waals surface area contributed by atoms with Gasteiger partial charge in [0.1, 0.15) is 17.4 Å². The van der Waals surface area contributed by atoms with Crippen LogP contribution in [0.25, 0.3) is 0 Å². The van der Waals surface area contributed by atoms with Crippen molar-refractivity contribution in [2.75, 3.05) is 13.2 Å². The van der Waals surface area contributed by atoms with E-state index in [2.05, 4.69) is 10.5 Å². The molecule has 0 fully saturated rings. The Morgan fingerprint density at radius 2 is 2.21 bits per heavy atom. The molecule has 0 bridgehead atoms. The number of aliphatic hydroxyl groups is 1. The smallest absolute Gasteiger partial charge is 0.303 e. The number of aliphatic hydroxyl groups excluding tert-OH is 1. The fourth-order valence-corrected chi connectivity index (χ4v) is 2.61. The zero-order valence-corrected chi connectivity index (χ0v) is 13.8. The van der Waals surface area contributed by atoms with Crippen LogP contribution in [0.2, 0.25) is 5.02 Å². The number of hydrogen-bond acceptors (Lipinski definition) is 4. The first-order chi connectivity index (χ1) is 11.2. The second-order valence-electron chi connectivity index (χ2n) is 5.64. The normalized spacial score (nSPS) is 18.2. The predicted molar refractivity (Wildman–Crippen MR) is 82.1 cm³/mol. The van der Waals surface area contributed by atoms with E-state index in [0.29, 0.717) is 11.3 Å². The Bertz CT molecular complexity index is 695. The number of hydrogen-bond donors (Lipinski definition) is 2. The van der Waals surface area contributed by atoms with Crippen molar-refractivity contribution in [2.45, 2.75) is 26.2 Å². The van der Waals surface area contributed by atoms with Crippen molar-refractivity contribution in [3.63, 3.8) is 0 Å². The lowest BCUT2D eigenvalue weighted by molar-refractivity contribution is -0.121. The highest BCUT2D eigenvalue weighted by Crippen LogP contribution is 2.35. The standard InChI is InChI=1S/C15H16ClF3N2O3/c1-7-4-10(23)20-21-13(7)9-3-8(2)14(11(16)12(9)17)24-6-15(18,19)5-22/h3,7,22H,4-6H2,1-2H3,(H,20,23). The Kier molecular flexibility index (Phi) is 5.39. The van der Waals surface area contributed by atoms with Gasteiger partial charge in [-0.15, -0.1) is 0 Å². The SMILES string of the molecule is Cc1cc(C2=NNC(=O)CC2C)c(F)c(Cl)c1OCC(F)(F)CO. The number of amides is 1. The van der Waals surface area contributed by atoms with E-state index in [4.69, 9.17) is 21.4 Å². The molecule has 1 heterocycles. The third-order valence-corrected chi connectivity index (χ3v) is 3.88. The van der Waals surface area contributed by atoms with Crippen LogP contribution in [-0.2, 0) is 4.79 Å². The zero-order chi connectivity index (χ0) is 18.1. The van der Waals surface area contributed by atoms with Gasteiger partial charge in [-0.3, -0.25) is 4.79 Å². The van der Waals surface area contributed by atoms with Gasteiger partial charge in [-0.25, -0.2) is 18.6 Å². The molecule has 24 heavy (non-hydrogen) atoms. The number of nitrogens with zero attached hydrogens (tertiary/aromatic N) is 1. The van der Waals surface area contributed by atoms with Crippen molar-refractivity contribution in [3.8, 4) is 5.75 Å². The number of carbonyl (C=O) groups is 1. The Balaban J connectivity index is 2.37. The molecule has 1 atom stereocenters. The van der Waals surface area contributed by atoms with Gasteiger partial charge in [-0.2, -0.15) is 5.10 Å². The second-order valence-corrected chi connectivity index (χ2v) is 6.02. The van der Waals surface area contributed by atoms with E-state index in [1.807, 2.05) is 0 Å². The molecule has 9 heteroatoms. The number of rotatable bonds is 5. The number of carbonyl (C=O) groups excluding carboxylic acids is 1. The van der Waals surface area contributed by atoms with Crippen LogP contribution in [0.15, 0.2) is 11.2 Å². The summed E-state index contributed by atoms with van der Waals surface area (Å²) in [5.74, 6) is -5.16. The van der Waals surface area contributed by atoms with Crippen LogP contribution in [0.3, 0.4) is 0 Å². The number of hydrazone groups is 1. The topological polar surface area (TPSA) is 70.9 Å². The molecule has 0 saturated heterocycles. The van der Waals surface area contributed by atoms with Crippen molar-refractivity contribution in [3.05, 3.63) is 28.0 Å². The summed E-state index contributed by atoms with van der Waals surface area (Å²) in [6, 6.07) is 1.38. The maximum absolute atomic E-state index is 14.6. The van der Waals surface area contributed by atoms with Gasteiger partial charge < -0.3 is 9.84 Å². The summed E-state index contributed by atoms with van der Waals surface area (Å²) >= 11 is 5.92. The number of ether oxygens (including phenoxy) is 1. The van der Waals surface area contributed by atoms with Crippen LogP contribution in [-0.4, -0.2) is 35.9 Å². The second kappa shape index (κ2) is 6.98. The molecule has 1 aromatic rings.